The van der Waals surface area contributed by atoms with Crippen molar-refractivity contribution >= 4 is 0 Å². The van der Waals surface area contributed by atoms with Gasteiger partial charge in [-0.25, -0.2) is 4.39 Å². The average Bonchev–Trinajstić information content (AvgIpc) is 2.44. The summed E-state index contributed by atoms with van der Waals surface area (Å²) in [5, 5.41) is 3.37. The molecule has 0 aliphatic carbocycles. The summed E-state index contributed by atoms with van der Waals surface area (Å²) < 4.78 is 24.4. The number of ether oxygens (including phenoxy) is 2. The van der Waals surface area contributed by atoms with E-state index in [0.29, 0.717) is 0 Å². The van der Waals surface area contributed by atoms with Crippen molar-refractivity contribution in [1.82, 2.24) is 5.32 Å². The van der Waals surface area contributed by atoms with Crippen LogP contribution in [0.3, 0.4) is 0 Å². The molecule has 0 bridgehead atoms. The molecule has 1 aromatic rings. The number of hydrogen-bond acceptors (Lipinski definition) is 3. The first-order chi connectivity index (χ1) is 9.02. The molecule has 1 aromatic carbocycles. The van der Waals surface area contributed by atoms with E-state index in [-0.39, 0.29) is 23.2 Å². The number of benzene rings is 1. The highest BCUT2D eigenvalue weighted by Crippen LogP contribution is 2.33. The second-order valence-corrected chi connectivity index (χ2v) is 4.76. The molecule has 0 radical (unpaired) electrons. The van der Waals surface area contributed by atoms with Crippen LogP contribution < -0.4 is 10.1 Å². The van der Waals surface area contributed by atoms with Crippen molar-refractivity contribution in [1.29, 1.82) is 0 Å². The number of methoxy groups -OCH3 is 2. The van der Waals surface area contributed by atoms with E-state index >= 15 is 0 Å². The Hall–Kier alpha value is -1.13. The molecule has 0 fully saturated rings. The van der Waals surface area contributed by atoms with Crippen molar-refractivity contribution in [3.8, 4) is 5.75 Å². The number of nitrogens with one attached hydrogen (secondary N) is 1. The zero-order valence-corrected chi connectivity index (χ0v) is 12.4. The van der Waals surface area contributed by atoms with Crippen LogP contribution >= 0.6 is 0 Å². The van der Waals surface area contributed by atoms with Gasteiger partial charge in [-0.15, -0.1) is 0 Å². The van der Waals surface area contributed by atoms with Crippen LogP contribution in [-0.4, -0.2) is 26.4 Å². The summed E-state index contributed by atoms with van der Waals surface area (Å²) in [4.78, 5) is 0. The highest BCUT2D eigenvalue weighted by molar-refractivity contribution is 5.32. The van der Waals surface area contributed by atoms with Gasteiger partial charge in [0.25, 0.3) is 0 Å². The number of halogens is 1. The Labute approximate surface area is 115 Å². The van der Waals surface area contributed by atoms with Crippen LogP contribution in [0.25, 0.3) is 0 Å². The van der Waals surface area contributed by atoms with E-state index in [1.807, 2.05) is 19.9 Å². The molecule has 0 aliphatic heterocycles. The maximum atomic E-state index is 13.9. The highest BCUT2D eigenvalue weighted by atomic mass is 19.1. The van der Waals surface area contributed by atoms with Crippen LogP contribution in [0, 0.1) is 5.82 Å². The summed E-state index contributed by atoms with van der Waals surface area (Å²) in [5.41, 5.74) is 0.489. The van der Waals surface area contributed by atoms with Crippen molar-refractivity contribution < 1.29 is 13.9 Å². The van der Waals surface area contributed by atoms with Gasteiger partial charge in [0.15, 0.2) is 11.6 Å². The van der Waals surface area contributed by atoms with Gasteiger partial charge in [-0.2, -0.15) is 0 Å². The molecular formula is C15H24FNO2. The van der Waals surface area contributed by atoms with Gasteiger partial charge in [0, 0.05) is 7.11 Å². The molecule has 2 atom stereocenters. The van der Waals surface area contributed by atoms with Crippen LogP contribution in [0.4, 0.5) is 4.39 Å². The molecule has 0 amide bonds. The van der Waals surface area contributed by atoms with Crippen LogP contribution in [0.2, 0.25) is 0 Å². The molecule has 2 unspecified atom stereocenters. The van der Waals surface area contributed by atoms with Gasteiger partial charge < -0.3 is 14.8 Å². The lowest BCUT2D eigenvalue weighted by atomic mass is 9.87. The van der Waals surface area contributed by atoms with E-state index in [4.69, 9.17) is 9.47 Å². The highest BCUT2D eigenvalue weighted by Gasteiger charge is 2.33. The summed E-state index contributed by atoms with van der Waals surface area (Å²) in [6, 6.07) is 4.98. The van der Waals surface area contributed by atoms with E-state index in [9.17, 15) is 4.39 Å². The average molecular weight is 269 g/mol. The molecule has 1 rings (SSSR count). The predicted octanol–water partition coefficient (Wildman–Crippen LogP) is 3.30. The summed E-state index contributed by atoms with van der Waals surface area (Å²) in [6.07, 6.45) is 0.828. The van der Waals surface area contributed by atoms with Crippen molar-refractivity contribution in [3.63, 3.8) is 0 Å². The Morgan fingerprint density at radius 1 is 1.32 bits per heavy atom. The van der Waals surface area contributed by atoms with Crippen molar-refractivity contribution in [2.24, 2.45) is 0 Å². The maximum Gasteiger partial charge on any atom is 0.165 e. The van der Waals surface area contributed by atoms with E-state index in [0.717, 1.165) is 18.5 Å². The lowest BCUT2D eigenvalue weighted by Gasteiger charge is -2.36. The molecule has 0 saturated heterocycles. The maximum absolute atomic E-state index is 13.9. The third-order valence-corrected chi connectivity index (χ3v) is 3.70. The van der Waals surface area contributed by atoms with Gasteiger partial charge >= 0.3 is 0 Å². The summed E-state index contributed by atoms with van der Waals surface area (Å²) in [6.45, 7) is 6.91. The molecule has 4 heteroatoms. The molecule has 0 spiro atoms. The summed E-state index contributed by atoms with van der Waals surface area (Å²) >= 11 is 0. The largest absolute Gasteiger partial charge is 0.494 e. The van der Waals surface area contributed by atoms with Crippen molar-refractivity contribution in [2.75, 3.05) is 20.8 Å². The minimum atomic E-state index is -0.378. The Morgan fingerprint density at radius 2 is 2.00 bits per heavy atom. The molecule has 1 N–H and O–H groups in total. The number of hydrogen-bond donors (Lipinski definition) is 1. The Bertz CT molecular complexity index is 405. The summed E-state index contributed by atoms with van der Waals surface area (Å²) in [7, 11) is 3.15. The van der Waals surface area contributed by atoms with Gasteiger partial charge in [0.2, 0.25) is 0 Å². The zero-order valence-electron chi connectivity index (χ0n) is 12.4. The SMILES string of the molecule is CCNC(c1ccc(OC)c(F)c1)C(C)(CC)OC. The van der Waals surface area contributed by atoms with Gasteiger partial charge in [0.1, 0.15) is 0 Å². The topological polar surface area (TPSA) is 30.5 Å². The van der Waals surface area contributed by atoms with Crippen LogP contribution in [0.1, 0.15) is 38.8 Å². The fraction of sp³-hybridized carbons (Fsp3) is 0.600. The van der Waals surface area contributed by atoms with E-state index in [1.165, 1.54) is 13.2 Å². The molecule has 0 aromatic heterocycles. The molecule has 0 saturated carbocycles. The fourth-order valence-electron chi connectivity index (χ4n) is 2.22. The minimum Gasteiger partial charge on any atom is -0.494 e. The van der Waals surface area contributed by atoms with Crippen LogP contribution in [-0.2, 0) is 4.74 Å². The number of likely N-dealkylation sites (N-methyl/N-ethyl adjacent to an activating group) is 1. The smallest absolute Gasteiger partial charge is 0.165 e. The van der Waals surface area contributed by atoms with Gasteiger partial charge in [-0.05, 0) is 37.6 Å². The first kappa shape index (κ1) is 15.9. The monoisotopic (exact) mass is 269 g/mol. The quantitative estimate of drug-likeness (QED) is 0.824. The van der Waals surface area contributed by atoms with Gasteiger partial charge in [0.05, 0.1) is 18.8 Å². The zero-order chi connectivity index (χ0) is 14.5. The van der Waals surface area contributed by atoms with Crippen molar-refractivity contribution in [2.45, 2.75) is 38.8 Å². The second kappa shape index (κ2) is 6.87. The molecular weight excluding hydrogens is 245 g/mol. The Balaban J connectivity index is 3.15. The lowest BCUT2D eigenvalue weighted by Crippen LogP contribution is -2.42. The molecule has 0 aliphatic rings. The molecule has 3 nitrogen and oxygen atoms in total. The number of rotatable bonds is 7. The molecule has 0 heterocycles. The molecule has 19 heavy (non-hydrogen) atoms. The Kier molecular flexibility index (Phi) is 5.76. The van der Waals surface area contributed by atoms with Gasteiger partial charge in [-0.1, -0.05) is 19.9 Å². The fourth-order valence-corrected chi connectivity index (χ4v) is 2.22. The Morgan fingerprint density at radius 3 is 2.42 bits per heavy atom. The van der Waals surface area contributed by atoms with Crippen molar-refractivity contribution in [3.05, 3.63) is 29.6 Å². The second-order valence-electron chi connectivity index (χ2n) is 4.76. The van der Waals surface area contributed by atoms with E-state index in [1.54, 1.807) is 13.2 Å². The van der Waals surface area contributed by atoms with E-state index in [2.05, 4.69) is 12.2 Å². The van der Waals surface area contributed by atoms with Crippen LogP contribution in [0.15, 0.2) is 18.2 Å². The lowest BCUT2D eigenvalue weighted by molar-refractivity contribution is -0.0296. The summed E-state index contributed by atoms with van der Waals surface area (Å²) in [5.74, 6) is -0.0907. The molecule has 108 valence electrons. The van der Waals surface area contributed by atoms with E-state index < -0.39 is 0 Å². The van der Waals surface area contributed by atoms with Gasteiger partial charge in [-0.3, -0.25) is 0 Å². The third-order valence-electron chi connectivity index (χ3n) is 3.70. The standard InChI is InChI=1S/C15H24FNO2/c1-6-15(3,19-5)14(17-7-2)11-8-9-13(18-4)12(16)10-11/h8-10,14,17H,6-7H2,1-5H3. The third kappa shape index (κ3) is 3.45. The minimum absolute atomic E-state index is 0.0621. The van der Waals surface area contributed by atoms with Crippen LogP contribution in [0.5, 0.6) is 5.75 Å². The first-order valence-electron chi connectivity index (χ1n) is 6.64. The normalized spacial score (nSPS) is 15.9. The predicted molar refractivity (Wildman–Crippen MR) is 75.1 cm³/mol. The first-order valence-corrected chi connectivity index (χ1v) is 6.64.